The SMILES string of the molecule is CCCCc1ccc(N2C(=O)C(c3ccccc3)=C(N3CCCC(CO)C3)C2=O)cc1. The molecule has 0 bridgehead atoms. The standard InChI is InChI=1S/C26H30N2O3/c1-2-3-8-19-12-14-22(15-13-19)28-25(30)23(21-10-5-4-6-11-21)24(26(28)31)27-16-7-9-20(17-27)18-29/h4-6,10-15,20,29H,2-3,7-9,16-18H2,1H3. The van der Waals surface area contributed by atoms with Crippen molar-refractivity contribution in [3.05, 3.63) is 71.4 Å². The number of benzene rings is 2. The number of unbranched alkanes of at least 4 members (excludes halogenated alkanes) is 1. The molecular formula is C26H30N2O3. The number of aliphatic hydroxyl groups is 1. The molecule has 31 heavy (non-hydrogen) atoms. The predicted molar refractivity (Wildman–Crippen MR) is 122 cm³/mol. The fraction of sp³-hybridized carbons (Fsp3) is 0.385. The van der Waals surface area contributed by atoms with E-state index in [2.05, 4.69) is 6.92 Å². The minimum absolute atomic E-state index is 0.0928. The first-order chi connectivity index (χ1) is 15.1. The van der Waals surface area contributed by atoms with Crippen LogP contribution in [0.2, 0.25) is 0 Å². The number of likely N-dealkylation sites (tertiary alicyclic amines) is 1. The van der Waals surface area contributed by atoms with Crippen molar-refractivity contribution >= 4 is 23.1 Å². The maximum atomic E-state index is 13.6. The Hall–Kier alpha value is -2.92. The highest BCUT2D eigenvalue weighted by Gasteiger charge is 2.43. The molecule has 0 radical (unpaired) electrons. The summed E-state index contributed by atoms with van der Waals surface area (Å²) in [5.41, 5.74) is 3.49. The van der Waals surface area contributed by atoms with Gasteiger partial charge >= 0.3 is 0 Å². The van der Waals surface area contributed by atoms with E-state index in [-0.39, 0.29) is 24.3 Å². The lowest BCUT2D eigenvalue weighted by molar-refractivity contribution is -0.120. The Balaban J connectivity index is 1.70. The van der Waals surface area contributed by atoms with Crippen LogP contribution in [0, 0.1) is 5.92 Å². The minimum Gasteiger partial charge on any atom is -0.396 e. The third kappa shape index (κ3) is 4.28. The zero-order valence-corrected chi connectivity index (χ0v) is 18.1. The summed E-state index contributed by atoms with van der Waals surface area (Å²) < 4.78 is 0. The van der Waals surface area contributed by atoms with Crippen LogP contribution in [-0.2, 0) is 16.0 Å². The molecular weight excluding hydrogens is 388 g/mol. The average Bonchev–Trinajstić information content (AvgIpc) is 3.08. The van der Waals surface area contributed by atoms with Crippen LogP contribution in [-0.4, -0.2) is 41.5 Å². The van der Waals surface area contributed by atoms with Crippen molar-refractivity contribution in [1.82, 2.24) is 4.90 Å². The minimum atomic E-state index is -0.279. The predicted octanol–water partition coefficient (Wildman–Crippen LogP) is 4.02. The van der Waals surface area contributed by atoms with Gasteiger partial charge in [-0.1, -0.05) is 55.8 Å². The van der Waals surface area contributed by atoms with Crippen molar-refractivity contribution < 1.29 is 14.7 Å². The van der Waals surface area contributed by atoms with E-state index in [4.69, 9.17) is 0 Å². The first kappa shape index (κ1) is 21.3. The van der Waals surface area contributed by atoms with Crippen molar-refractivity contribution in [2.45, 2.75) is 39.0 Å². The van der Waals surface area contributed by atoms with Crippen molar-refractivity contribution in [1.29, 1.82) is 0 Å². The number of piperidine rings is 1. The second kappa shape index (κ2) is 9.48. The van der Waals surface area contributed by atoms with Gasteiger partial charge in [0.1, 0.15) is 5.70 Å². The Bertz CT molecular complexity index is 966. The van der Waals surface area contributed by atoms with Crippen LogP contribution in [0.15, 0.2) is 60.3 Å². The number of hydrogen-bond acceptors (Lipinski definition) is 4. The smallest absolute Gasteiger partial charge is 0.282 e. The third-order valence-electron chi connectivity index (χ3n) is 6.23. The molecule has 2 amide bonds. The molecule has 162 valence electrons. The molecule has 1 fully saturated rings. The summed E-state index contributed by atoms with van der Waals surface area (Å²) in [6, 6.07) is 17.2. The Morgan fingerprint density at radius 2 is 1.74 bits per heavy atom. The van der Waals surface area contributed by atoms with E-state index in [9.17, 15) is 14.7 Å². The van der Waals surface area contributed by atoms with Crippen molar-refractivity contribution in [2.24, 2.45) is 5.92 Å². The number of imide groups is 1. The molecule has 0 spiro atoms. The largest absolute Gasteiger partial charge is 0.396 e. The van der Waals surface area contributed by atoms with E-state index in [0.717, 1.165) is 37.7 Å². The molecule has 1 N–H and O–H groups in total. The van der Waals surface area contributed by atoms with Gasteiger partial charge in [-0.15, -0.1) is 0 Å². The maximum Gasteiger partial charge on any atom is 0.282 e. The topological polar surface area (TPSA) is 60.9 Å². The number of rotatable bonds is 7. The Labute approximate surface area is 184 Å². The van der Waals surface area contributed by atoms with E-state index >= 15 is 0 Å². The number of carbonyl (C=O) groups is 2. The molecule has 5 heteroatoms. The first-order valence-corrected chi connectivity index (χ1v) is 11.3. The van der Waals surface area contributed by atoms with Crippen LogP contribution < -0.4 is 4.90 Å². The quantitative estimate of drug-likeness (QED) is 0.690. The number of amides is 2. The molecule has 0 aliphatic carbocycles. The summed E-state index contributed by atoms with van der Waals surface area (Å²) >= 11 is 0. The molecule has 2 aliphatic rings. The molecule has 2 aromatic rings. The van der Waals surface area contributed by atoms with Gasteiger partial charge in [0.2, 0.25) is 0 Å². The number of anilines is 1. The van der Waals surface area contributed by atoms with Crippen LogP contribution >= 0.6 is 0 Å². The molecule has 0 aromatic heterocycles. The van der Waals surface area contributed by atoms with Crippen LogP contribution in [0.4, 0.5) is 5.69 Å². The summed E-state index contributed by atoms with van der Waals surface area (Å²) in [5, 5.41) is 9.66. The molecule has 1 atom stereocenters. The molecule has 2 aliphatic heterocycles. The zero-order chi connectivity index (χ0) is 21.8. The number of carbonyl (C=O) groups excluding carboxylic acids is 2. The van der Waals surface area contributed by atoms with Gasteiger partial charge in [0.15, 0.2) is 0 Å². The van der Waals surface area contributed by atoms with E-state index < -0.39 is 0 Å². The second-order valence-electron chi connectivity index (χ2n) is 8.44. The van der Waals surface area contributed by atoms with E-state index in [1.807, 2.05) is 59.5 Å². The van der Waals surface area contributed by atoms with Crippen molar-refractivity contribution in [2.75, 3.05) is 24.6 Å². The van der Waals surface area contributed by atoms with Gasteiger partial charge in [-0.2, -0.15) is 0 Å². The molecule has 2 heterocycles. The highest BCUT2D eigenvalue weighted by molar-refractivity contribution is 6.45. The van der Waals surface area contributed by atoms with Crippen LogP contribution in [0.3, 0.4) is 0 Å². The summed E-state index contributed by atoms with van der Waals surface area (Å²) in [6.07, 6.45) is 5.07. The van der Waals surface area contributed by atoms with Gasteiger partial charge < -0.3 is 10.0 Å². The van der Waals surface area contributed by atoms with Gasteiger partial charge in [-0.05, 0) is 54.9 Å². The first-order valence-electron chi connectivity index (χ1n) is 11.3. The van der Waals surface area contributed by atoms with Crippen LogP contribution in [0.25, 0.3) is 5.57 Å². The summed E-state index contributed by atoms with van der Waals surface area (Å²) in [5.74, 6) is -0.435. The molecule has 1 saturated heterocycles. The second-order valence-corrected chi connectivity index (χ2v) is 8.44. The van der Waals surface area contributed by atoms with Gasteiger partial charge in [-0.25, -0.2) is 4.90 Å². The molecule has 1 unspecified atom stereocenters. The van der Waals surface area contributed by atoms with Gasteiger partial charge in [-0.3, -0.25) is 9.59 Å². The third-order valence-corrected chi connectivity index (χ3v) is 6.23. The number of aliphatic hydroxyl groups excluding tert-OH is 1. The Morgan fingerprint density at radius 3 is 2.42 bits per heavy atom. The molecule has 2 aromatic carbocycles. The number of nitrogens with zero attached hydrogens (tertiary/aromatic N) is 2. The highest BCUT2D eigenvalue weighted by atomic mass is 16.3. The van der Waals surface area contributed by atoms with Crippen molar-refractivity contribution in [3.8, 4) is 0 Å². The van der Waals surface area contributed by atoms with Crippen LogP contribution in [0.5, 0.6) is 0 Å². The fourth-order valence-electron chi connectivity index (χ4n) is 4.52. The number of hydrogen-bond donors (Lipinski definition) is 1. The van der Waals surface area contributed by atoms with Gasteiger partial charge in [0, 0.05) is 19.7 Å². The lowest BCUT2D eigenvalue weighted by Gasteiger charge is -2.34. The van der Waals surface area contributed by atoms with E-state index in [0.29, 0.717) is 30.0 Å². The van der Waals surface area contributed by atoms with Gasteiger partial charge in [0.05, 0.1) is 11.3 Å². The summed E-state index contributed by atoms with van der Waals surface area (Å²) in [7, 11) is 0. The average molecular weight is 419 g/mol. The van der Waals surface area contributed by atoms with Crippen molar-refractivity contribution in [3.63, 3.8) is 0 Å². The normalized spacial score (nSPS) is 19.5. The number of aryl methyl sites for hydroxylation is 1. The van der Waals surface area contributed by atoms with Gasteiger partial charge in [0.25, 0.3) is 11.8 Å². The fourth-order valence-corrected chi connectivity index (χ4v) is 4.52. The lowest BCUT2D eigenvalue weighted by Crippen LogP contribution is -2.40. The molecule has 5 nitrogen and oxygen atoms in total. The van der Waals surface area contributed by atoms with E-state index in [1.165, 1.54) is 10.5 Å². The van der Waals surface area contributed by atoms with Crippen LogP contribution in [0.1, 0.15) is 43.7 Å². The Morgan fingerprint density at radius 1 is 1.00 bits per heavy atom. The van der Waals surface area contributed by atoms with E-state index in [1.54, 1.807) is 0 Å². The zero-order valence-electron chi connectivity index (χ0n) is 18.1. The highest BCUT2D eigenvalue weighted by Crippen LogP contribution is 2.36. The maximum absolute atomic E-state index is 13.6. The lowest BCUT2D eigenvalue weighted by atomic mass is 9.97. The summed E-state index contributed by atoms with van der Waals surface area (Å²) in [6.45, 7) is 3.56. The molecule has 4 rings (SSSR count). The monoisotopic (exact) mass is 418 g/mol. The molecule has 0 saturated carbocycles. The Kier molecular flexibility index (Phi) is 6.52. The summed E-state index contributed by atoms with van der Waals surface area (Å²) in [4.78, 5) is 30.5.